The van der Waals surface area contributed by atoms with Gasteiger partial charge in [0.25, 0.3) is 0 Å². The van der Waals surface area contributed by atoms with E-state index in [0.29, 0.717) is 34.3 Å². The molecule has 0 unspecified atom stereocenters. The highest BCUT2D eigenvalue weighted by atomic mass is 16.5. The molecule has 0 atom stereocenters. The topological polar surface area (TPSA) is 91.8 Å². The first-order valence-electron chi connectivity index (χ1n) is 12.0. The second-order valence-corrected chi connectivity index (χ2v) is 8.90. The Bertz CT molecular complexity index is 1730. The normalized spacial score (nSPS) is 14.1. The molecule has 1 aliphatic rings. The summed E-state index contributed by atoms with van der Waals surface area (Å²) in [5.74, 6) is 0.857. The third-order valence-corrected chi connectivity index (χ3v) is 6.63. The number of pyridine rings is 1. The van der Waals surface area contributed by atoms with Crippen molar-refractivity contribution >= 4 is 39.5 Å². The Hall–Kier alpha value is -4.65. The smallest absolute Gasteiger partial charge is 0.339 e. The van der Waals surface area contributed by atoms with Crippen LogP contribution in [0.1, 0.15) is 45.8 Å². The van der Waals surface area contributed by atoms with Gasteiger partial charge in [0.2, 0.25) is 0 Å². The maximum atomic E-state index is 13.6. The number of benzene rings is 2. The van der Waals surface area contributed by atoms with Crippen LogP contribution in [0.2, 0.25) is 0 Å². The molecule has 0 N–H and O–H groups in total. The van der Waals surface area contributed by atoms with Gasteiger partial charge in [0.05, 0.1) is 30.1 Å². The molecule has 5 aromatic rings. The van der Waals surface area contributed by atoms with Gasteiger partial charge in [-0.05, 0) is 66.8 Å². The minimum Gasteiger partial charge on any atom is -0.497 e. The Morgan fingerprint density at radius 2 is 1.95 bits per heavy atom. The van der Waals surface area contributed by atoms with Crippen LogP contribution >= 0.6 is 0 Å². The van der Waals surface area contributed by atoms with Crippen molar-refractivity contribution in [1.29, 1.82) is 0 Å². The largest absolute Gasteiger partial charge is 0.497 e. The van der Waals surface area contributed by atoms with Crippen molar-refractivity contribution in [3.63, 3.8) is 0 Å². The number of carbonyl (C=O) groups is 1. The molecular weight excluding hydrogens is 470 g/mol. The molecule has 0 fully saturated rings. The van der Waals surface area contributed by atoms with Gasteiger partial charge in [-0.1, -0.05) is 18.2 Å². The van der Waals surface area contributed by atoms with Gasteiger partial charge >= 0.3 is 11.6 Å². The van der Waals surface area contributed by atoms with Crippen molar-refractivity contribution in [1.82, 2.24) is 4.98 Å². The van der Waals surface area contributed by atoms with Gasteiger partial charge in [-0.15, -0.1) is 0 Å². The summed E-state index contributed by atoms with van der Waals surface area (Å²) >= 11 is 0. The van der Waals surface area contributed by atoms with E-state index >= 15 is 0 Å². The van der Waals surface area contributed by atoms with E-state index in [1.165, 1.54) is 6.07 Å². The first kappa shape index (κ1) is 22.8. The summed E-state index contributed by atoms with van der Waals surface area (Å²) in [6, 6.07) is 17.9. The summed E-state index contributed by atoms with van der Waals surface area (Å²) in [7, 11) is 1.54. The number of para-hydroxylation sites is 1. The molecule has 0 saturated carbocycles. The van der Waals surface area contributed by atoms with Gasteiger partial charge in [-0.2, -0.15) is 0 Å². The van der Waals surface area contributed by atoms with E-state index in [1.54, 1.807) is 31.6 Å². The molecular formula is C30H23NO6. The van der Waals surface area contributed by atoms with E-state index in [9.17, 15) is 9.59 Å². The van der Waals surface area contributed by atoms with Crippen LogP contribution in [0.3, 0.4) is 0 Å². The SMILES string of the molecule is COc1ccc2c(COC(=O)c3c4c(nc5ccccc35)C(=Cc3ccco3)CCC4)cc(=O)oc2c1. The zero-order chi connectivity index (χ0) is 25.4. The Labute approximate surface area is 212 Å². The fourth-order valence-corrected chi connectivity index (χ4v) is 4.93. The van der Waals surface area contributed by atoms with Crippen molar-refractivity contribution in [2.24, 2.45) is 0 Å². The van der Waals surface area contributed by atoms with E-state index in [1.807, 2.05) is 42.5 Å². The maximum absolute atomic E-state index is 13.6. The Balaban J connectivity index is 1.40. The summed E-state index contributed by atoms with van der Waals surface area (Å²) < 4.78 is 21.9. The van der Waals surface area contributed by atoms with E-state index in [-0.39, 0.29) is 6.61 Å². The van der Waals surface area contributed by atoms with E-state index in [0.717, 1.165) is 46.3 Å². The molecule has 0 spiro atoms. The molecule has 3 heterocycles. The number of methoxy groups -OCH3 is 1. The molecule has 0 bridgehead atoms. The standard InChI is InChI=1S/C30H23NO6/c1-34-20-11-12-22-19(15-27(32)37-26(22)16-20)17-36-30(33)28-23-8-2-3-10-25(23)31-29-18(6-4-9-24(28)29)14-21-7-5-13-35-21/h2-3,5,7-8,10-16H,4,6,9,17H2,1H3. The van der Waals surface area contributed by atoms with Crippen molar-refractivity contribution in [3.05, 3.63) is 105 Å². The number of rotatable bonds is 5. The predicted molar refractivity (Wildman–Crippen MR) is 139 cm³/mol. The van der Waals surface area contributed by atoms with Crippen LogP contribution < -0.4 is 10.4 Å². The van der Waals surface area contributed by atoms with E-state index in [2.05, 4.69) is 0 Å². The summed E-state index contributed by atoms with van der Waals surface area (Å²) in [6.45, 7) is -0.0756. The third kappa shape index (κ3) is 4.29. The van der Waals surface area contributed by atoms with Crippen LogP contribution in [0.4, 0.5) is 0 Å². The molecule has 0 aliphatic heterocycles. The number of hydrogen-bond acceptors (Lipinski definition) is 7. The van der Waals surface area contributed by atoms with Gasteiger partial charge in [0, 0.05) is 28.5 Å². The molecule has 184 valence electrons. The van der Waals surface area contributed by atoms with Gasteiger partial charge in [-0.3, -0.25) is 0 Å². The van der Waals surface area contributed by atoms with Crippen LogP contribution in [-0.4, -0.2) is 18.1 Å². The summed E-state index contributed by atoms with van der Waals surface area (Å²) in [5.41, 5.74) is 4.34. The molecule has 2 aromatic carbocycles. The van der Waals surface area contributed by atoms with Crippen molar-refractivity contribution < 1.29 is 23.1 Å². The minimum absolute atomic E-state index is 0.0756. The highest BCUT2D eigenvalue weighted by molar-refractivity contribution is 6.06. The first-order valence-corrected chi connectivity index (χ1v) is 12.0. The number of aromatic nitrogens is 1. The van der Waals surface area contributed by atoms with Crippen LogP contribution in [-0.2, 0) is 17.8 Å². The lowest BCUT2D eigenvalue weighted by Gasteiger charge is -2.22. The van der Waals surface area contributed by atoms with Gasteiger partial charge in [-0.25, -0.2) is 14.6 Å². The number of nitrogens with zero attached hydrogens (tertiary/aromatic N) is 1. The van der Waals surface area contributed by atoms with Crippen LogP contribution in [0, 0.1) is 0 Å². The summed E-state index contributed by atoms with van der Waals surface area (Å²) in [6.07, 6.45) is 6.05. The number of furan rings is 1. The van der Waals surface area contributed by atoms with Gasteiger partial charge in [0.15, 0.2) is 0 Å². The fourth-order valence-electron chi connectivity index (χ4n) is 4.93. The minimum atomic E-state index is -0.522. The molecule has 0 saturated heterocycles. The quantitative estimate of drug-likeness (QED) is 0.213. The Morgan fingerprint density at radius 1 is 1.05 bits per heavy atom. The third-order valence-electron chi connectivity index (χ3n) is 6.63. The molecule has 7 heteroatoms. The zero-order valence-corrected chi connectivity index (χ0v) is 20.2. The lowest BCUT2D eigenvalue weighted by Crippen LogP contribution is -2.16. The predicted octanol–water partition coefficient (Wildman–Crippen LogP) is 6.18. The van der Waals surface area contributed by atoms with Crippen LogP contribution in [0.5, 0.6) is 5.75 Å². The van der Waals surface area contributed by atoms with Crippen LogP contribution in [0.15, 0.2) is 80.6 Å². The number of ether oxygens (including phenoxy) is 2. The molecule has 6 rings (SSSR count). The van der Waals surface area contributed by atoms with Crippen molar-refractivity contribution in [2.45, 2.75) is 25.9 Å². The van der Waals surface area contributed by atoms with E-state index in [4.69, 9.17) is 23.3 Å². The summed E-state index contributed by atoms with van der Waals surface area (Å²) in [4.78, 5) is 30.7. The molecule has 37 heavy (non-hydrogen) atoms. The first-order chi connectivity index (χ1) is 18.1. The number of carbonyl (C=O) groups excluding carboxylic acids is 1. The molecule has 0 radical (unpaired) electrons. The maximum Gasteiger partial charge on any atom is 0.339 e. The monoisotopic (exact) mass is 493 g/mol. The summed E-state index contributed by atoms with van der Waals surface area (Å²) in [5, 5.41) is 1.42. The molecule has 7 nitrogen and oxygen atoms in total. The highest BCUT2D eigenvalue weighted by Gasteiger charge is 2.26. The van der Waals surface area contributed by atoms with Crippen molar-refractivity contribution in [2.75, 3.05) is 7.11 Å². The zero-order valence-electron chi connectivity index (χ0n) is 20.2. The second kappa shape index (κ2) is 9.43. The highest BCUT2D eigenvalue weighted by Crippen LogP contribution is 2.36. The van der Waals surface area contributed by atoms with Gasteiger partial charge in [0.1, 0.15) is 23.7 Å². The average molecular weight is 494 g/mol. The number of hydrogen-bond donors (Lipinski definition) is 0. The number of fused-ring (bicyclic) bond motifs is 3. The second-order valence-electron chi connectivity index (χ2n) is 8.90. The van der Waals surface area contributed by atoms with Crippen LogP contribution in [0.25, 0.3) is 33.5 Å². The molecule has 1 aliphatic carbocycles. The van der Waals surface area contributed by atoms with E-state index < -0.39 is 11.6 Å². The Morgan fingerprint density at radius 3 is 2.78 bits per heavy atom. The number of esters is 1. The fraction of sp³-hybridized carbons (Fsp3) is 0.167. The van der Waals surface area contributed by atoms with Crippen molar-refractivity contribution in [3.8, 4) is 5.75 Å². The molecule has 3 aromatic heterocycles. The lowest BCUT2D eigenvalue weighted by atomic mass is 9.86. The lowest BCUT2D eigenvalue weighted by molar-refractivity contribution is 0.0474. The Kier molecular flexibility index (Phi) is 5.81. The average Bonchev–Trinajstić information content (AvgIpc) is 3.43. The molecule has 0 amide bonds. The number of allylic oxidation sites excluding steroid dienone is 1. The van der Waals surface area contributed by atoms with Gasteiger partial charge < -0.3 is 18.3 Å².